The fraction of sp³-hybridized carbons (Fsp3) is 0.400. The molecule has 0 bridgehead atoms. The van der Waals surface area contributed by atoms with Gasteiger partial charge in [-0.15, -0.1) is 0 Å². The summed E-state index contributed by atoms with van der Waals surface area (Å²) in [6.07, 6.45) is 0.653. The van der Waals surface area contributed by atoms with Gasteiger partial charge in [0.25, 0.3) is 5.69 Å². The molecule has 154 valence electrons. The molecule has 2 fully saturated rings. The van der Waals surface area contributed by atoms with Gasteiger partial charge in [0.15, 0.2) is 4.90 Å². The maximum Gasteiger partial charge on any atom is 0.289 e. The van der Waals surface area contributed by atoms with Crippen molar-refractivity contribution in [2.24, 2.45) is 5.92 Å². The van der Waals surface area contributed by atoms with E-state index in [1.807, 2.05) is 42.3 Å². The third kappa shape index (κ3) is 3.66. The van der Waals surface area contributed by atoms with Crippen molar-refractivity contribution in [3.05, 3.63) is 70.3 Å². The summed E-state index contributed by atoms with van der Waals surface area (Å²) in [4.78, 5) is 16.4. The van der Waals surface area contributed by atoms with Crippen LogP contribution in [0.3, 0.4) is 0 Å². The van der Waals surface area contributed by atoms with E-state index >= 15 is 0 Å². The first-order valence-electron chi connectivity index (χ1n) is 9.58. The Morgan fingerprint density at radius 3 is 2.55 bits per heavy atom. The van der Waals surface area contributed by atoms with Gasteiger partial charge >= 0.3 is 0 Å². The SMILES string of the molecule is CC1C2C(CCN1S(=O)(=O)c1ccccc1[N+](=O)[O-])CON2Cc1ccccc1. The molecular formula is C20H23N3O5S. The van der Waals surface area contributed by atoms with Crippen molar-refractivity contribution in [3.63, 3.8) is 0 Å². The lowest BCUT2D eigenvalue weighted by molar-refractivity contribution is -0.387. The lowest BCUT2D eigenvalue weighted by Gasteiger charge is -2.41. The number of rotatable bonds is 5. The van der Waals surface area contributed by atoms with Crippen LogP contribution in [0.2, 0.25) is 0 Å². The molecule has 0 amide bonds. The molecule has 2 heterocycles. The molecule has 29 heavy (non-hydrogen) atoms. The second-order valence-corrected chi connectivity index (χ2v) is 9.34. The van der Waals surface area contributed by atoms with Gasteiger partial charge in [0.05, 0.1) is 17.6 Å². The number of piperidine rings is 1. The van der Waals surface area contributed by atoms with Crippen LogP contribution < -0.4 is 0 Å². The average Bonchev–Trinajstić information content (AvgIpc) is 3.12. The summed E-state index contributed by atoms with van der Waals surface area (Å²) in [5, 5.41) is 13.2. The van der Waals surface area contributed by atoms with E-state index in [1.54, 1.807) is 0 Å². The molecule has 0 N–H and O–H groups in total. The number of para-hydroxylation sites is 1. The Hall–Kier alpha value is -2.33. The van der Waals surface area contributed by atoms with Gasteiger partial charge in [0.1, 0.15) is 0 Å². The molecule has 8 nitrogen and oxygen atoms in total. The number of hydrogen-bond acceptors (Lipinski definition) is 6. The molecule has 0 radical (unpaired) electrons. The molecule has 2 aromatic rings. The molecule has 3 unspecified atom stereocenters. The van der Waals surface area contributed by atoms with Crippen molar-refractivity contribution in [1.29, 1.82) is 0 Å². The van der Waals surface area contributed by atoms with Crippen molar-refractivity contribution in [3.8, 4) is 0 Å². The first-order valence-corrected chi connectivity index (χ1v) is 11.0. The minimum Gasteiger partial charge on any atom is -0.298 e. The zero-order valence-electron chi connectivity index (χ0n) is 16.0. The zero-order chi connectivity index (χ0) is 20.6. The van der Waals surface area contributed by atoms with Crippen LogP contribution in [0.4, 0.5) is 5.69 Å². The highest BCUT2D eigenvalue weighted by Gasteiger charge is 2.48. The van der Waals surface area contributed by atoms with E-state index in [2.05, 4.69) is 0 Å². The van der Waals surface area contributed by atoms with E-state index in [0.29, 0.717) is 26.1 Å². The molecular weight excluding hydrogens is 394 g/mol. The van der Waals surface area contributed by atoms with Crippen LogP contribution >= 0.6 is 0 Å². The molecule has 4 rings (SSSR count). The maximum atomic E-state index is 13.3. The zero-order valence-corrected chi connectivity index (χ0v) is 16.9. The van der Waals surface area contributed by atoms with Crippen LogP contribution in [0.25, 0.3) is 0 Å². The Labute approximate surface area is 169 Å². The minimum atomic E-state index is -4.01. The van der Waals surface area contributed by atoms with Crippen LogP contribution in [0.5, 0.6) is 0 Å². The predicted octanol–water partition coefficient (Wildman–Crippen LogP) is 2.81. The summed E-state index contributed by atoms with van der Waals surface area (Å²) in [5.74, 6) is 0.228. The van der Waals surface area contributed by atoms with E-state index in [9.17, 15) is 18.5 Å². The lowest BCUT2D eigenvalue weighted by Crippen LogP contribution is -2.56. The largest absolute Gasteiger partial charge is 0.298 e. The highest BCUT2D eigenvalue weighted by atomic mass is 32.2. The Balaban J connectivity index is 1.62. The number of nitro benzene ring substituents is 1. The number of nitro groups is 1. The van der Waals surface area contributed by atoms with Crippen molar-refractivity contribution >= 4 is 15.7 Å². The Bertz CT molecular complexity index is 998. The highest BCUT2D eigenvalue weighted by Crippen LogP contribution is 2.38. The summed E-state index contributed by atoms with van der Waals surface area (Å²) in [6, 6.07) is 14.9. The van der Waals surface area contributed by atoms with Crippen molar-refractivity contribution in [2.45, 2.75) is 36.9 Å². The summed E-state index contributed by atoms with van der Waals surface area (Å²) < 4.78 is 28.1. The predicted molar refractivity (Wildman–Crippen MR) is 106 cm³/mol. The maximum absolute atomic E-state index is 13.3. The van der Waals surface area contributed by atoms with Crippen LogP contribution in [0.15, 0.2) is 59.5 Å². The van der Waals surface area contributed by atoms with E-state index in [0.717, 1.165) is 5.56 Å². The van der Waals surface area contributed by atoms with Crippen LogP contribution in [-0.4, -0.2) is 47.9 Å². The van der Waals surface area contributed by atoms with Crippen LogP contribution in [0.1, 0.15) is 18.9 Å². The van der Waals surface area contributed by atoms with E-state index in [4.69, 9.17) is 4.84 Å². The Morgan fingerprint density at radius 1 is 1.14 bits per heavy atom. The second kappa shape index (κ2) is 7.83. The summed E-state index contributed by atoms with van der Waals surface area (Å²) in [6.45, 7) is 3.29. The van der Waals surface area contributed by atoms with Crippen molar-refractivity contribution < 1.29 is 18.2 Å². The van der Waals surface area contributed by atoms with Crippen LogP contribution in [-0.2, 0) is 21.4 Å². The van der Waals surface area contributed by atoms with E-state index in [-0.39, 0.29) is 22.9 Å². The van der Waals surface area contributed by atoms with Gasteiger partial charge in [-0.25, -0.2) is 8.42 Å². The lowest BCUT2D eigenvalue weighted by atomic mass is 9.89. The molecule has 9 heteroatoms. The number of nitrogens with zero attached hydrogens (tertiary/aromatic N) is 3. The van der Waals surface area contributed by atoms with Gasteiger partial charge < -0.3 is 0 Å². The molecule has 2 aromatic carbocycles. The minimum absolute atomic E-state index is 0.110. The molecule has 2 saturated heterocycles. The summed E-state index contributed by atoms with van der Waals surface area (Å²) in [5.41, 5.74) is 0.685. The molecule has 3 atom stereocenters. The fourth-order valence-electron chi connectivity index (χ4n) is 4.37. The van der Waals surface area contributed by atoms with Gasteiger partial charge in [0, 0.05) is 31.1 Å². The highest BCUT2D eigenvalue weighted by molar-refractivity contribution is 7.89. The molecule has 0 aliphatic carbocycles. The Kier molecular flexibility index (Phi) is 5.39. The van der Waals surface area contributed by atoms with E-state index < -0.39 is 20.6 Å². The van der Waals surface area contributed by atoms with Gasteiger partial charge in [0.2, 0.25) is 10.0 Å². The third-order valence-electron chi connectivity index (χ3n) is 5.77. The number of sulfonamides is 1. The quantitative estimate of drug-likeness (QED) is 0.549. The van der Waals surface area contributed by atoms with Crippen molar-refractivity contribution in [2.75, 3.05) is 13.2 Å². The standard InChI is InChI=1S/C20H23N3O5S/c1-15-20-17(14-28-21(20)13-16-7-3-2-4-8-16)11-12-22(15)29(26,27)19-10-6-5-9-18(19)23(24)25/h2-10,15,17,20H,11-14H2,1H3. The van der Waals surface area contributed by atoms with Gasteiger partial charge in [-0.05, 0) is 25.0 Å². The topological polar surface area (TPSA) is 93.0 Å². The van der Waals surface area contributed by atoms with E-state index in [1.165, 1.54) is 28.6 Å². The molecule has 2 aliphatic heterocycles. The molecule has 0 saturated carbocycles. The second-order valence-electron chi connectivity index (χ2n) is 7.48. The number of benzene rings is 2. The summed E-state index contributed by atoms with van der Waals surface area (Å²) in [7, 11) is -4.01. The first-order chi connectivity index (χ1) is 13.9. The normalized spacial score (nSPS) is 25.6. The third-order valence-corrected chi connectivity index (χ3v) is 7.80. The van der Waals surface area contributed by atoms with Gasteiger partial charge in [-0.3, -0.25) is 15.0 Å². The van der Waals surface area contributed by atoms with Gasteiger partial charge in [-0.1, -0.05) is 42.5 Å². The monoisotopic (exact) mass is 417 g/mol. The average molecular weight is 417 g/mol. The Morgan fingerprint density at radius 2 is 1.83 bits per heavy atom. The molecule has 0 aromatic heterocycles. The number of hydrogen-bond donors (Lipinski definition) is 0. The molecule has 0 spiro atoms. The number of fused-ring (bicyclic) bond motifs is 1. The smallest absolute Gasteiger partial charge is 0.289 e. The number of hydroxylamine groups is 2. The summed E-state index contributed by atoms with van der Waals surface area (Å²) >= 11 is 0. The first kappa shape index (κ1) is 20.0. The van der Waals surface area contributed by atoms with Gasteiger partial charge in [-0.2, -0.15) is 9.37 Å². The van der Waals surface area contributed by atoms with Crippen molar-refractivity contribution in [1.82, 2.24) is 9.37 Å². The van der Waals surface area contributed by atoms with Crippen LogP contribution in [0, 0.1) is 16.0 Å². The fourth-order valence-corrected chi connectivity index (χ4v) is 6.19. The molecule has 2 aliphatic rings.